The molecule has 0 aliphatic rings. The Morgan fingerprint density at radius 2 is 0.857 bits per heavy atom. The quantitative estimate of drug-likeness (QED) is 0.161. The van der Waals surface area contributed by atoms with E-state index in [1.54, 1.807) is 6.07 Å². The van der Waals surface area contributed by atoms with Crippen LogP contribution in [0.4, 0.5) is 0 Å². The summed E-state index contributed by atoms with van der Waals surface area (Å²) in [6.45, 7) is 0. The lowest BCUT2D eigenvalue weighted by molar-refractivity contribution is 1.07. The monoisotopic (exact) mass is 809 g/mol. The van der Waals surface area contributed by atoms with Crippen molar-refractivity contribution in [3.05, 3.63) is 230 Å². The van der Waals surface area contributed by atoms with Crippen LogP contribution in [-0.4, -0.2) is 19.5 Å². The molecule has 0 aliphatic heterocycles. The standard InChI is InChI=1S/C59H38N4/c1-4-14-39(15-5-1)43-26-27-45-34-47(29-28-44(45)33-43)50-35-49(46-25-24-40-16-10-11-19-42(40)32-46)36-51(37-50)59-61-57(41-17-6-2-7-18-41)60-58(62-59)48-30-31-56-54(38-48)53-22-12-13-23-55(53)63(56)52-20-8-3-9-21-52/h1-38H/i10D,11D,16D,19D,24D,25D,32D. The van der Waals surface area contributed by atoms with E-state index in [1.165, 1.54) is 0 Å². The summed E-state index contributed by atoms with van der Waals surface area (Å²) in [4.78, 5) is 15.4. The van der Waals surface area contributed by atoms with Crippen LogP contribution in [0.2, 0.25) is 0 Å². The van der Waals surface area contributed by atoms with Gasteiger partial charge in [-0.2, -0.15) is 0 Å². The Bertz CT molecular complexity index is 4090. The first kappa shape index (κ1) is 29.7. The van der Waals surface area contributed by atoms with E-state index >= 15 is 0 Å². The first-order valence-electron chi connectivity index (χ1n) is 24.3. The van der Waals surface area contributed by atoms with Crippen molar-refractivity contribution in [2.75, 3.05) is 0 Å². The molecular formula is C59H38N4. The molecule has 294 valence electrons. The molecule has 2 aromatic heterocycles. The third-order valence-corrected chi connectivity index (χ3v) is 11.6. The van der Waals surface area contributed by atoms with Crippen LogP contribution in [0.5, 0.6) is 0 Å². The second-order valence-corrected chi connectivity index (χ2v) is 15.5. The van der Waals surface area contributed by atoms with E-state index < -0.39 is 30.2 Å². The summed E-state index contributed by atoms with van der Waals surface area (Å²) in [5.74, 6) is 1.21. The van der Waals surface area contributed by atoms with Gasteiger partial charge < -0.3 is 4.57 Å². The number of rotatable bonds is 7. The Morgan fingerprint density at radius 1 is 0.317 bits per heavy atom. The molecule has 0 saturated carbocycles. The second-order valence-electron chi connectivity index (χ2n) is 15.5. The highest BCUT2D eigenvalue weighted by molar-refractivity contribution is 6.10. The summed E-state index contributed by atoms with van der Waals surface area (Å²) < 4.78 is 64.6. The highest BCUT2D eigenvalue weighted by atomic mass is 15.0. The van der Waals surface area contributed by atoms with E-state index in [-0.39, 0.29) is 28.4 Å². The van der Waals surface area contributed by atoms with Gasteiger partial charge in [0.2, 0.25) is 0 Å². The molecule has 0 aliphatic carbocycles. The normalized spacial score (nSPS) is 13.0. The fourth-order valence-corrected chi connectivity index (χ4v) is 8.55. The molecule has 12 aromatic rings. The van der Waals surface area contributed by atoms with E-state index in [1.807, 2.05) is 103 Å². The number of nitrogens with zero attached hydrogens (tertiary/aromatic N) is 4. The van der Waals surface area contributed by atoms with Crippen molar-refractivity contribution in [1.82, 2.24) is 19.5 Å². The molecule has 12 rings (SSSR count). The van der Waals surface area contributed by atoms with Crippen LogP contribution in [0.3, 0.4) is 0 Å². The van der Waals surface area contributed by atoms with Crippen molar-refractivity contribution in [2.24, 2.45) is 0 Å². The molecule has 0 N–H and O–H groups in total. The highest BCUT2D eigenvalue weighted by Gasteiger charge is 2.18. The summed E-state index contributed by atoms with van der Waals surface area (Å²) in [6, 6.07) is 60.1. The minimum Gasteiger partial charge on any atom is -0.309 e. The molecule has 4 nitrogen and oxygen atoms in total. The lowest BCUT2D eigenvalue weighted by Crippen LogP contribution is -2.01. The molecule has 63 heavy (non-hydrogen) atoms. The van der Waals surface area contributed by atoms with Gasteiger partial charge in [0.25, 0.3) is 0 Å². The Balaban J connectivity index is 1.09. The molecular weight excluding hydrogens is 765 g/mol. The van der Waals surface area contributed by atoms with E-state index in [2.05, 4.69) is 83.4 Å². The zero-order chi connectivity index (χ0) is 47.8. The minimum absolute atomic E-state index is 0.0525. The maximum Gasteiger partial charge on any atom is 0.164 e. The molecule has 0 unspecified atom stereocenters. The number of hydrogen-bond acceptors (Lipinski definition) is 3. The van der Waals surface area contributed by atoms with Crippen LogP contribution in [-0.2, 0) is 0 Å². The molecule has 4 heteroatoms. The van der Waals surface area contributed by atoms with Crippen molar-refractivity contribution >= 4 is 43.4 Å². The fourth-order valence-electron chi connectivity index (χ4n) is 8.55. The Hall–Kier alpha value is -8.47. The number of fused-ring (bicyclic) bond motifs is 5. The van der Waals surface area contributed by atoms with Crippen molar-refractivity contribution in [3.8, 4) is 73.2 Å². The predicted molar refractivity (Wildman–Crippen MR) is 262 cm³/mol. The largest absolute Gasteiger partial charge is 0.309 e. The summed E-state index contributed by atoms with van der Waals surface area (Å²) >= 11 is 0. The van der Waals surface area contributed by atoms with E-state index in [9.17, 15) is 2.74 Å². The van der Waals surface area contributed by atoms with Gasteiger partial charge >= 0.3 is 0 Å². The smallest absolute Gasteiger partial charge is 0.164 e. The second kappa shape index (κ2) is 15.2. The van der Waals surface area contributed by atoms with Crippen LogP contribution in [0, 0.1) is 0 Å². The van der Waals surface area contributed by atoms with Gasteiger partial charge in [-0.05, 0) is 128 Å². The van der Waals surface area contributed by atoms with Gasteiger partial charge in [-0.25, -0.2) is 15.0 Å². The zero-order valence-corrected chi connectivity index (χ0v) is 33.7. The molecule has 0 fully saturated rings. The van der Waals surface area contributed by atoms with Crippen molar-refractivity contribution < 1.29 is 9.60 Å². The maximum atomic E-state index is 9.55. The van der Waals surface area contributed by atoms with Gasteiger partial charge in [0, 0.05) is 33.2 Å². The van der Waals surface area contributed by atoms with E-state index in [0.717, 1.165) is 71.6 Å². The van der Waals surface area contributed by atoms with Crippen LogP contribution in [0.25, 0.3) is 117 Å². The van der Waals surface area contributed by atoms with Crippen LogP contribution < -0.4 is 0 Å². The molecule has 0 radical (unpaired) electrons. The fraction of sp³-hybridized carbons (Fsp3) is 0. The van der Waals surface area contributed by atoms with Gasteiger partial charge in [-0.3, -0.25) is 0 Å². The Labute approximate surface area is 374 Å². The Kier molecular flexibility index (Phi) is 7.17. The van der Waals surface area contributed by atoms with Gasteiger partial charge in [-0.1, -0.05) is 158 Å². The molecule has 0 spiro atoms. The lowest BCUT2D eigenvalue weighted by Gasteiger charge is -2.14. The SMILES string of the molecule is [2H]c1c([2H])c([2H])c2c([2H])c(-c3cc(-c4ccc5cc(-c6ccccc6)ccc5c4)cc(-c4nc(-c5ccccc5)nc(-c5ccc6c(c5)c5ccccc5n6-c5ccccc5)n4)c3)c([2H])c([2H])c2c1[2H]. The number of aromatic nitrogens is 4. The zero-order valence-electron chi connectivity index (χ0n) is 40.7. The average Bonchev–Trinajstić information content (AvgIpc) is 3.74. The van der Waals surface area contributed by atoms with Crippen LogP contribution in [0.15, 0.2) is 230 Å². The van der Waals surface area contributed by atoms with Gasteiger partial charge in [0.1, 0.15) is 0 Å². The van der Waals surface area contributed by atoms with Crippen LogP contribution >= 0.6 is 0 Å². The summed E-state index contributed by atoms with van der Waals surface area (Å²) in [5.41, 5.74) is 9.46. The summed E-state index contributed by atoms with van der Waals surface area (Å²) in [7, 11) is 0. The topological polar surface area (TPSA) is 43.6 Å². The van der Waals surface area contributed by atoms with Crippen molar-refractivity contribution in [1.29, 1.82) is 0 Å². The number of hydrogen-bond donors (Lipinski definition) is 0. The minimum atomic E-state index is -0.519. The summed E-state index contributed by atoms with van der Waals surface area (Å²) in [5, 5.41) is 3.87. The molecule has 0 atom stereocenters. The van der Waals surface area contributed by atoms with Gasteiger partial charge in [0.15, 0.2) is 17.5 Å². The van der Waals surface area contributed by atoms with Crippen molar-refractivity contribution in [2.45, 2.75) is 0 Å². The maximum absolute atomic E-state index is 9.55. The molecule has 2 heterocycles. The third kappa shape index (κ3) is 6.71. The van der Waals surface area contributed by atoms with Gasteiger partial charge in [-0.15, -0.1) is 0 Å². The molecule has 10 aromatic carbocycles. The summed E-state index contributed by atoms with van der Waals surface area (Å²) in [6.07, 6.45) is 0. The lowest BCUT2D eigenvalue weighted by atomic mass is 9.93. The predicted octanol–water partition coefficient (Wildman–Crippen LogP) is 15.3. The first-order chi connectivity index (χ1) is 34.1. The highest BCUT2D eigenvalue weighted by Crippen LogP contribution is 2.38. The molecule has 0 amide bonds. The van der Waals surface area contributed by atoms with Crippen LogP contribution in [0.1, 0.15) is 9.60 Å². The molecule has 0 saturated heterocycles. The van der Waals surface area contributed by atoms with E-state index in [4.69, 9.17) is 21.8 Å². The average molecular weight is 810 g/mol. The number of benzene rings is 10. The third-order valence-electron chi connectivity index (χ3n) is 11.6. The number of para-hydroxylation sites is 2. The van der Waals surface area contributed by atoms with Gasteiger partial charge in [0.05, 0.1) is 20.6 Å². The van der Waals surface area contributed by atoms with Crippen molar-refractivity contribution in [3.63, 3.8) is 0 Å². The Morgan fingerprint density at radius 3 is 1.59 bits per heavy atom. The first-order valence-corrected chi connectivity index (χ1v) is 20.8. The molecule has 0 bridgehead atoms. The van der Waals surface area contributed by atoms with E-state index in [0.29, 0.717) is 28.6 Å².